The molecule has 0 saturated heterocycles. The van der Waals surface area contributed by atoms with Crippen LogP contribution >= 0.6 is 15.9 Å². The van der Waals surface area contributed by atoms with E-state index in [0.29, 0.717) is 27.3 Å². The van der Waals surface area contributed by atoms with E-state index < -0.39 is 23.7 Å². The third kappa shape index (κ3) is 3.89. The van der Waals surface area contributed by atoms with Crippen molar-refractivity contribution < 1.29 is 26.7 Å². The van der Waals surface area contributed by atoms with Crippen LogP contribution in [0.15, 0.2) is 22.8 Å². The zero-order valence-corrected chi connectivity index (χ0v) is 17.6. The number of amides is 1. The monoisotopic (exact) mass is 494 g/mol. The molecule has 3 aromatic rings. The summed E-state index contributed by atoms with van der Waals surface area (Å²) in [6.45, 7) is 3.85. The summed E-state index contributed by atoms with van der Waals surface area (Å²) >= 11 is 3.34. The fourth-order valence-electron chi connectivity index (χ4n) is 2.77. The summed E-state index contributed by atoms with van der Waals surface area (Å²) < 4.78 is 69.3. The maximum absolute atomic E-state index is 14.0. The Balaban J connectivity index is 1.97. The lowest BCUT2D eigenvalue weighted by Gasteiger charge is -2.20. The van der Waals surface area contributed by atoms with Crippen molar-refractivity contribution in [2.45, 2.75) is 39.0 Å². The summed E-state index contributed by atoms with van der Waals surface area (Å²) in [7, 11) is 1.44. The van der Waals surface area contributed by atoms with Gasteiger partial charge in [-0.2, -0.15) is 32.1 Å². The number of carbonyl (C=O) groups excluding carboxylic acids is 1. The summed E-state index contributed by atoms with van der Waals surface area (Å²) in [5.41, 5.74) is -1.54. The molecular weight excluding hydrogens is 479 g/mol. The lowest BCUT2D eigenvalue weighted by Crippen LogP contribution is -2.36. The average Bonchev–Trinajstić information content (AvgIpc) is 3.22. The van der Waals surface area contributed by atoms with Gasteiger partial charge in [-0.25, -0.2) is 9.50 Å². The number of rotatable bonds is 5. The second kappa shape index (κ2) is 7.60. The van der Waals surface area contributed by atoms with Gasteiger partial charge in [0.2, 0.25) is 0 Å². The van der Waals surface area contributed by atoms with Gasteiger partial charge < -0.3 is 4.90 Å². The first-order valence-electron chi connectivity index (χ1n) is 8.65. The van der Waals surface area contributed by atoms with Crippen LogP contribution in [0.5, 0.6) is 0 Å². The lowest BCUT2D eigenvalue weighted by atomic mass is 10.2. The molecule has 3 heterocycles. The largest absolute Gasteiger partial charge is 0.459 e. The summed E-state index contributed by atoms with van der Waals surface area (Å²) in [5.74, 6) is -5.85. The van der Waals surface area contributed by atoms with Crippen molar-refractivity contribution in [1.29, 1.82) is 0 Å². The van der Waals surface area contributed by atoms with Crippen LogP contribution in [0, 0.1) is 6.92 Å². The average molecular weight is 495 g/mol. The third-order valence-electron chi connectivity index (χ3n) is 4.30. The first-order chi connectivity index (χ1) is 13.8. The van der Waals surface area contributed by atoms with E-state index in [-0.39, 0.29) is 23.6 Å². The number of halogens is 6. The van der Waals surface area contributed by atoms with Gasteiger partial charge in [-0.15, -0.1) is 0 Å². The van der Waals surface area contributed by atoms with E-state index in [9.17, 15) is 26.7 Å². The molecule has 0 radical (unpaired) electrons. The number of hydrogen-bond acceptors (Lipinski definition) is 4. The van der Waals surface area contributed by atoms with Gasteiger partial charge in [0.05, 0.1) is 16.7 Å². The second-order valence-electron chi connectivity index (χ2n) is 6.60. The fourth-order valence-corrected chi connectivity index (χ4v) is 3.21. The molecule has 30 heavy (non-hydrogen) atoms. The van der Waals surface area contributed by atoms with Crippen LogP contribution in [-0.4, -0.2) is 48.4 Å². The van der Waals surface area contributed by atoms with Gasteiger partial charge in [-0.05, 0) is 35.8 Å². The van der Waals surface area contributed by atoms with Crippen LogP contribution in [0.25, 0.3) is 5.65 Å². The van der Waals surface area contributed by atoms with Gasteiger partial charge in [0.1, 0.15) is 5.69 Å². The Morgan fingerprint density at radius 3 is 2.43 bits per heavy atom. The van der Waals surface area contributed by atoms with Gasteiger partial charge >= 0.3 is 12.1 Å². The highest BCUT2D eigenvalue weighted by Crippen LogP contribution is 2.43. The summed E-state index contributed by atoms with van der Waals surface area (Å²) in [5, 5.41) is 7.97. The Bertz CT molecular complexity index is 1110. The Kier molecular flexibility index (Phi) is 5.60. The molecule has 7 nitrogen and oxygen atoms in total. The normalized spacial score (nSPS) is 12.6. The van der Waals surface area contributed by atoms with Gasteiger partial charge in [-0.3, -0.25) is 9.48 Å². The Morgan fingerprint density at radius 1 is 1.20 bits per heavy atom. The molecule has 1 amide bonds. The number of carbonyl (C=O) groups is 1. The molecule has 3 aromatic heterocycles. The van der Waals surface area contributed by atoms with Crippen LogP contribution in [-0.2, 0) is 19.0 Å². The molecule has 0 atom stereocenters. The number of aromatic nitrogens is 5. The van der Waals surface area contributed by atoms with Crippen LogP contribution < -0.4 is 0 Å². The zero-order chi connectivity index (χ0) is 22.4. The Morgan fingerprint density at radius 2 is 1.87 bits per heavy atom. The van der Waals surface area contributed by atoms with Gasteiger partial charge in [0, 0.05) is 31.5 Å². The van der Waals surface area contributed by atoms with E-state index in [4.69, 9.17) is 0 Å². The number of aryl methyl sites for hydroxylation is 2. The fraction of sp³-hybridized carbons (Fsp3) is 0.412. The van der Waals surface area contributed by atoms with E-state index in [1.165, 1.54) is 18.9 Å². The molecule has 0 aromatic carbocycles. The first kappa shape index (κ1) is 22.1. The van der Waals surface area contributed by atoms with E-state index in [0.717, 1.165) is 6.07 Å². The van der Waals surface area contributed by atoms with Crippen molar-refractivity contribution in [2.24, 2.45) is 0 Å². The highest BCUT2D eigenvalue weighted by Gasteiger charge is 2.60. The topological polar surface area (TPSA) is 68.3 Å². The molecule has 0 aliphatic rings. The van der Waals surface area contributed by atoms with Gasteiger partial charge in [-0.1, -0.05) is 0 Å². The van der Waals surface area contributed by atoms with Crippen molar-refractivity contribution in [3.05, 3.63) is 45.6 Å². The summed E-state index contributed by atoms with van der Waals surface area (Å²) in [6, 6.07) is 1.67. The van der Waals surface area contributed by atoms with Gasteiger partial charge in [0.25, 0.3) is 5.91 Å². The van der Waals surface area contributed by atoms with Crippen LogP contribution in [0.4, 0.5) is 22.0 Å². The molecule has 162 valence electrons. The predicted molar refractivity (Wildman–Crippen MR) is 99.1 cm³/mol. The molecule has 0 fully saturated rings. The predicted octanol–water partition coefficient (Wildman–Crippen LogP) is 3.94. The second-order valence-corrected chi connectivity index (χ2v) is 7.45. The molecule has 0 N–H and O–H groups in total. The number of alkyl halides is 5. The quantitative estimate of drug-likeness (QED) is 0.503. The Hall–Kier alpha value is -2.57. The van der Waals surface area contributed by atoms with E-state index in [1.807, 2.05) is 6.92 Å². The standard InChI is InChI=1S/C17H16BrF5N6O/c1-4-28-7-10(18)12(25-28)8-27(3)15(30)11-6-14-24-9(2)5-13(29(14)26-11)16(19,20)17(21,22)23/h5-7H,4,8H2,1-3H3. The highest BCUT2D eigenvalue weighted by atomic mass is 79.9. The summed E-state index contributed by atoms with van der Waals surface area (Å²) in [4.78, 5) is 17.8. The van der Waals surface area contributed by atoms with Crippen LogP contribution in [0.2, 0.25) is 0 Å². The molecule has 0 saturated carbocycles. The van der Waals surface area contributed by atoms with E-state index in [2.05, 4.69) is 31.1 Å². The highest BCUT2D eigenvalue weighted by molar-refractivity contribution is 9.10. The lowest BCUT2D eigenvalue weighted by molar-refractivity contribution is -0.291. The molecule has 0 aliphatic carbocycles. The van der Waals surface area contributed by atoms with Crippen molar-refractivity contribution >= 4 is 27.5 Å². The van der Waals surface area contributed by atoms with Crippen molar-refractivity contribution in [3.63, 3.8) is 0 Å². The molecule has 0 aliphatic heterocycles. The third-order valence-corrected chi connectivity index (χ3v) is 4.96. The maximum atomic E-state index is 14.0. The van der Waals surface area contributed by atoms with Crippen molar-refractivity contribution in [2.75, 3.05) is 7.05 Å². The van der Waals surface area contributed by atoms with Crippen LogP contribution in [0.3, 0.4) is 0 Å². The van der Waals surface area contributed by atoms with Gasteiger partial charge in [0.15, 0.2) is 11.3 Å². The number of hydrogen-bond donors (Lipinski definition) is 0. The SMILES string of the molecule is CCn1cc(Br)c(CN(C)C(=O)c2cc3nc(C)cc(C(F)(F)C(F)(F)F)n3n2)n1. The minimum Gasteiger partial charge on any atom is -0.334 e. The van der Waals surface area contributed by atoms with Crippen molar-refractivity contribution in [3.8, 4) is 0 Å². The minimum absolute atomic E-state index is 0.0669. The van der Waals surface area contributed by atoms with E-state index in [1.54, 1.807) is 10.9 Å². The first-order valence-corrected chi connectivity index (χ1v) is 9.44. The minimum atomic E-state index is -5.83. The molecule has 3 rings (SSSR count). The molecular formula is C17H16BrF5N6O. The Labute approximate surface area is 175 Å². The number of fused-ring (bicyclic) bond motifs is 1. The maximum Gasteiger partial charge on any atom is 0.459 e. The molecule has 0 bridgehead atoms. The van der Waals surface area contributed by atoms with Crippen molar-refractivity contribution in [1.82, 2.24) is 29.3 Å². The smallest absolute Gasteiger partial charge is 0.334 e. The summed E-state index contributed by atoms with van der Waals surface area (Å²) in [6.07, 6.45) is -4.10. The van der Waals surface area contributed by atoms with Crippen LogP contribution in [0.1, 0.15) is 34.5 Å². The molecule has 13 heteroatoms. The molecule has 0 spiro atoms. The molecule has 0 unspecified atom stereocenters. The van der Waals surface area contributed by atoms with E-state index >= 15 is 0 Å². The number of nitrogens with zero attached hydrogens (tertiary/aromatic N) is 6. The zero-order valence-electron chi connectivity index (χ0n) is 16.0.